The molecular weight excluding hydrogens is 306 g/mol. The molecule has 4 nitrogen and oxygen atoms in total. The summed E-state index contributed by atoms with van der Waals surface area (Å²) in [6.07, 6.45) is 1.36. The number of aromatic nitrogens is 1. The van der Waals surface area contributed by atoms with Crippen molar-refractivity contribution in [2.24, 2.45) is 0 Å². The van der Waals surface area contributed by atoms with Gasteiger partial charge < -0.3 is 9.67 Å². The fourth-order valence-electron chi connectivity index (χ4n) is 1.37. The van der Waals surface area contributed by atoms with Crippen molar-refractivity contribution in [2.45, 2.75) is 6.54 Å². The number of carboxylic acid groups (broad SMARTS) is 1. The summed E-state index contributed by atoms with van der Waals surface area (Å²) in [5.41, 5.74) is -0.104. The van der Waals surface area contributed by atoms with E-state index in [0.29, 0.717) is 6.54 Å². The number of hydrogen-bond acceptors (Lipinski definition) is 3. The fraction of sp³-hybridized carbons (Fsp3) is 0.0909. The fourth-order valence-corrected chi connectivity index (χ4v) is 2.85. The maximum Gasteiger partial charge on any atom is 0.337 e. The number of rotatable bonds is 3. The van der Waals surface area contributed by atoms with Crippen LogP contribution in [0.15, 0.2) is 39.0 Å². The zero-order valence-corrected chi connectivity index (χ0v) is 11.0. The summed E-state index contributed by atoms with van der Waals surface area (Å²) in [5, 5.41) is 10.8. The zero-order valence-electron chi connectivity index (χ0n) is 8.59. The third kappa shape index (κ3) is 2.65. The first kappa shape index (κ1) is 12.1. The molecule has 0 unspecified atom stereocenters. The predicted molar refractivity (Wildman–Crippen MR) is 68.8 cm³/mol. The second-order valence-electron chi connectivity index (χ2n) is 3.38. The van der Waals surface area contributed by atoms with Gasteiger partial charge in [0.25, 0.3) is 5.56 Å². The summed E-state index contributed by atoms with van der Waals surface area (Å²) < 4.78 is 2.31. The molecule has 0 atom stereocenters. The molecule has 0 bridgehead atoms. The van der Waals surface area contributed by atoms with Gasteiger partial charge in [0.1, 0.15) is 0 Å². The Morgan fingerprint density at radius 2 is 2.18 bits per heavy atom. The molecule has 0 amide bonds. The van der Waals surface area contributed by atoms with Crippen molar-refractivity contribution in [3.8, 4) is 0 Å². The highest BCUT2D eigenvalue weighted by molar-refractivity contribution is 9.10. The van der Waals surface area contributed by atoms with Crippen molar-refractivity contribution in [1.29, 1.82) is 0 Å². The molecule has 0 radical (unpaired) electrons. The van der Waals surface area contributed by atoms with Crippen LogP contribution in [-0.2, 0) is 6.54 Å². The van der Waals surface area contributed by atoms with Crippen molar-refractivity contribution < 1.29 is 9.90 Å². The van der Waals surface area contributed by atoms with E-state index in [1.165, 1.54) is 34.2 Å². The van der Waals surface area contributed by atoms with E-state index < -0.39 is 5.97 Å². The standard InChI is InChI=1S/C11H8BrNO3S/c12-8-3-4-17-9(8)6-13-5-7(11(15)16)1-2-10(13)14/h1-5H,6H2,(H,15,16). The minimum absolute atomic E-state index is 0.109. The van der Waals surface area contributed by atoms with E-state index in [2.05, 4.69) is 15.9 Å². The van der Waals surface area contributed by atoms with Crippen molar-refractivity contribution >= 4 is 33.2 Å². The lowest BCUT2D eigenvalue weighted by molar-refractivity contribution is 0.0696. The third-order valence-corrected chi connectivity index (χ3v) is 4.15. The van der Waals surface area contributed by atoms with Crippen LogP contribution < -0.4 is 5.56 Å². The molecule has 0 aromatic carbocycles. The minimum atomic E-state index is -1.04. The van der Waals surface area contributed by atoms with E-state index in [1.807, 2.05) is 11.4 Å². The summed E-state index contributed by atoms with van der Waals surface area (Å²) in [7, 11) is 0. The van der Waals surface area contributed by atoms with Crippen LogP contribution in [0.3, 0.4) is 0 Å². The first-order valence-electron chi connectivity index (χ1n) is 4.73. The molecule has 0 fully saturated rings. The number of thiophene rings is 1. The molecule has 0 aliphatic heterocycles. The van der Waals surface area contributed by atoms with Crippen LogP contribution in [0.4, 0.5) is 0 Å². The van der Waals surface area contributed by atoms with Gasteiger partial charge in [-0.1, -0.05) is 0 Å². The van der Waals surface area contributed by atoms with Crippen LogP contribution in [0.5, 0.6) is 0 Å². The highest BCUT2D eigenvalue weighted by Crippen LogP contribution is 2.23. The lowest BCUT2D eigenvalue weighted by Crippen LogP contribution is -2.20. The molecule has 0 aliphatic rings. The number of aromatic carboxylic acids is 1. The quantitative estimate of drug-likeness (QED) is 0.946. The molecule has 1 N–H and O–H groups in total. The number of pyridine rings is 1. The SMILES string of the molecule is O=C(O)c1ccc(=O)n(Cc2sccc2Br)c1. The Bertz CT molecular complexity index is 617. The third-order valence-electron chi connectivity index (χ3n) is 2.24. The molecule has 2 rings (SSSR count). The van der Waals surface area contributed by atoms with Crippen molar-refractivity contribution in [1.82, 2.24) is 4.57 Å². The van der Waals surface area contributed by atoms with Gasteiger partial charge in [-0.2, -0.15) is 0 Å². The molecule has 0 saturated carbocycles. The van der Waals surface area contributed by atoms with Crippen molar-refractivity contribution in [3.63, 3.8) is 0 Å². The summed E-state index contributed by atoms with van der Waals surface area (Å²) in [6.45, 7) is 0.373. The van der Waals surface area contributed by atoms with E-state index in [0.717, 1.165) is 9.35 Å². The van der Waals surface area contributed by atoms with Gasteiger partial charge in [-0.05, 0) is 33.4 Å². The molecule has 6 heteroatoms. The highest BCUT2D eigenvalue weighted by atomic mass is 79.9. The van der Waals surface area contributed by atoms with Gasteiger partial charge in [0.2, 0.25) is 0 Å². The van der Waals surface area contributed by atoms with E-state index in [4.69, 9.17) is 5.11 Å². The average Bonchev–Trinajstić information content (AvgIpc) is 2.67. The van der Waals surface area contributed by atoms with E-state index in [1.54, 1.807) is 0 Å². The molecular formula is C11H8BrNO3S. The van der Waals surface area contributed by atoms with Gasteiger partial charge >= 0.3 is 5.97 Å². The Kier molecular flexibility index (Phi) is 3.44. The summed E-state index contributed by atoms with van der Waals surface area (Å²) >= 11 is 4.89. The molecule has 0 aliphatic carbocycles. The Hall–Kier alpha value is -1.40. The van der Waals surface area contributed by atoms with Gasteiger partial charge in [-0.15, -0.1) is 11.3 Å². The van der Waals surface area contributed by atoms with Crippen LogP contribution in [0, 0.1) is 0 Å². The second kappa shape index (κ2) is 4.85. The Labute approximate surface area is 109 Å². The van der Waals surface area contributed by atoms with Crippen LogP contribution >= 0.6 is 27.3 Å². The van der Waals surface area contributed by atoms with Crippen molar-refractivity contribution in [2.75, 3.05) is 0 Å². The largest absolute Gasteiger partial charge is 0.478 e. The van der Waals surface area contributed by atoms with Crippen LogP contribution in [0.25, 0.3) is 0 Å². The van der Waals surface area contributed by atoms with Crippen LogP contribution in [0.1, 0.15) is 15.2 Å². The van der Waals surface area contributed by atoms with Gasteiger partial charge in [0.15, 0.2) is 0 Å². The molecule has 2 aromatic heterocycles. The van der Waals surface area contributed by atoms with Crippen molar-refractivity contribution in [3.05, 3.63) is 55.0 Å². The summed E-state index contributed by atoms with van der Waals surface area (Å²) in [6, 6.07) is 4.47. The van der Waals surface area contributed by atoms with E-state index in [-0.39, 0.29) is 11.1 Å². The molecule has 17 heavy (non-hydrogen) atoms. The Balaban J connectivity index is 2.39. The summed E-state index contributed by atoms with van der Waals surface area (Å²) in [5.74, 6) is -1.04. The smallest absolute Gasteiger partial charge is 0.337 e. The zero-order chi connectivity index (χ0) is 12.4. The van der Waals surface area contributed by atoms with Crippen LogP contribution in [-0.4, -0.2) is 15.6 Å². The lowest BCUT2D eigenvalue weighted by atomic mass is 10.3. The first-order valence-corrected chi connectivity index (χ1v) is 6.41. The first-order chi connectivity index (χ1) is 8.08. The second-order valence-corrected chi connectivity index (χ2v) is 5.24. The van der Waals surface area contributed by atoms with Gasteiger partial charge in [0.05, 0.1) is 12.1 Å². The number of carboxylic acids is 1. The molecule has 0 spiro atoms. The number of carbonyl (C=O) groups is 1. The average molecular weight is 314 g/mol. The van der Waals surface area contributed by atoms with Gasteiger partial charge in [-0.25, -0.2) is 4.79 Å². The summed E-state index contributed by atoms with van der Waals surface area (Å²) in [4.78, 5) is 23.4. The number of nitrogens with zero attached hydrogens (tertiary/aromatic N) is 1. The Morgan fingerprint density at radius 1 is 1.41 bits per heavy atom. The minimum Gasteiger partial charge on any atom is -0.478 e. The number of halogens is 1. The molecule has 2 aromatic rings. The van der Waals surface area contributed by atoms with Crippen LogP contribution in [0.2, 0.25) is 0 Å². The van der Waals surface area contributed by atoms with Gasteiger partial charge in [-0.3, -0.25) is 4.79 Å². The van der Waals surface area contributed by atoms with Gasteiger partial charge in [0, 0.05) is 21.6 Å². The number of hydrogen-bond donors (Lipinski definition) is 1. The van der Waals surface area contributed by atoms with E-state index >= 15 is 0 Å². The predicted octanol–water partition coefficient (Wildman–Crippen LogP) is 2.42. The monoisotopic (exact) mass is 313 g/mol. The molecule has 88 valence electrons. The maximum absolute atomic E-state index is 11.6. The molecule has 2 heterocycles. The molecule has 0 saturated heterocycles. The lowest BCUT2D eigenvalue weighted by Gasteiger charge is -2.05. The Morgan fingerprint density at radius 3 is 2.76 bits per heavy atom. The normalized spacial score (nSPS) is 10.4. The topological polar surface area (TPSA) is 59.3 Å². The maximum atomic E-state index is 11.6. The van der Waals surface area contributed by atoms with E-state index in [9.17, 15) is 9.59 Å². The highest BCUT2D eigenvalue weighted by Gasteiger charge is 2.07.